The lowest BCUT2D eigenvalue weighted by Crippen LogP contribution is -2.43. The molecule has 0 bridgehead atoms. The number of likely N-dealkylation sites (tertiary alicyclic amines) is 1. The molecule has 0 saturated carbocycles. The van der Waals surface area contributed by atoms with Gasteiger partial charge in [-0.1, -0.05) is 6.07 Å². The largest absolute Gasteiger partial charge is 0.342 e. The standard InChI is InChI=1S/C13H16F2N2O/c14-11-2-1-9(7-12(11)15)8-13(18)17-5-3-10(16)4-6-17/h1-2,7,10H,3-6,8,16H2. The van der Waals surface area contributed by atoms with E-state index in [4.69, 9.17) is 5.73 Å². The van der Waals surface area contributed by atoms with Crippen LogP contribution in [-0.4, -0.2) is 29.9 Å². The van der Waals surface area contributed by atoms with Crippen LogP contribution in [0.5, 0.6) is 0 Å². The van der Waals surface area contributed by atoms with Gasteiger partial charge in [-0.15, -0.1) is 0 Å². The van der Waals surface area contributed by atoms with E-state index in [2.05, 4.69) is 0 Å². The van der Waals surface area contributed by atoms with Crippen molar-refractivity contribution in [3.05, 3.63) is 35.4 Å². The van der Waals surface area contributed by atoms with Crippen molar-refractivity contribution < 1.29 is 13.6 Å². The molecule has 1 saturated heterocycles. The molecule has 0 aromatic heterocycles. The molecule has 18 heavy (non-hydrogen) atoms. The Hall–Kier alpha value is -1.49. The normalized spacial score (nSPS) is 16.9. The second-order valence-electron chi connectivity index (χ2n) is 4.64. The second-order valence-corrected chi connectivity index (χ2v) is 4.64. The maximum atomic E-state index is 13.0. The maximum absolute atomic E-state index is 13.0. The van der Waals surface area contributed by atoms with E-state index < -0.39 is 11.6 Å². The number of hydrogen-bond acceptors (Lipinski definition) is 2. The van der Waals surface area contributed by atoms with Crippen molar-refractivity contribution in [1.29, 1.82) is 0 Å². The number of amides is 1. The summed E-state index contributed by atoms with van der Waals surface area (Å²) in [5, 5.41) is 0. The van der Waals surface area contributed by atoms with Crippen LogP contribution in [0.3, 0.4) is 0 Å². The predicted octanol–water partition coefficient (Wildman–Crippen LogP) is 1.46. The van der Waals surface area contributed by atoms with Gasteiger partial charge in [-0.2, -0.15) is 0 Å². The van der Waals surface area contributed by atoms with Crippen LogP contribution in [0.4, 0.5) is 8.78 Å². The van der Waals surface area contributed by atoms with Gasteiger partial charge < -0.3 is 10.6 Å². The highest BCUT2D eigenvalue weighted by Gasteiger charge is 2.20. The highest BCUT2D eigenvalue weighted by Crippen LogP contribution is 2.13. The Morgan fingerprint density at radius 3 is 2.56 bits per heavy atom. The molecule has 98 valence electrons. The molecule has 2 N–H and O–H groups in total. The zero-order valence-electron chi connectivity index (χ0n) is 10.0. The molecule has 2 rings (SSSR count). The number of nitrogens with zero attached hydrogens (tertiary/aromatic N) is 1. The first-order valence-electron chi connectivity index (χ1n) is 6.03. The molecule has 0 aliphatic carbocycles. The van der Waals surface area contributed by atoms with Gasteiger partial charge in [0.05, 0.1) is 6.42 Å². The minimum atomic E-state index is -0.916. The molecule has 0 radical (unpaired) electrons. The molecule has 1 aromatic rings. The topological polar surface area (TPSA) is 46.3 Å². The molecule has 0 spiro atoms. The monoisotopic (exact) mass is 254 g/mol. The number of nitrogens with two attached hydrogens (primary N) is 1. The second kappa shape index (κ2) is 5.44. The van der Waals surface area contributed by atoms with E-state index in [1.807, 2.05) is 0 Å². The molecule has 1 heterocycles. The number of carbonyl (C=O) groups excluding carboxylic acids is 1. The van der Waals surface area contributed by atoms with Crippen molar-refractivity contribution in [3.8, 4) is 0 Å². The molecule has 0 unspecified atom stereocenters. The first-order chi connectivity index (χ1) is 8.56. The van der Waals surface area contributed by atoms with Gasteiger partial charge >= 0.3 is 0 Å². The average Bonchev–Trinajstić information content (AvgIpc) is 2.34. The zero-order chi connectivity index (χ0) is 13.1. The summed E-state index contributed by atoms with van der Waals surface area (Å²) in [5.41, 5.74) is 6.25. The summed E-state index contributed by atoms with van der Waals surface area (Å²) in [7, 11) is 0. The van der Waals surface area contributed by atoms with E-state index in [1.54, 1.807) is 4.90 Å². The molecular weight excluding hydrogens is 238 g/mol. The number of hydrogen-bond donors (Lipinski definition) is 1. The smallest absolute Gasteiger partial charge is 0.226 e. The quantitative estimate of drug-likeness (QED) is 0.868. The summed E-state index contributed by atoms with van der Waals surface area (Å²) in [6, 6.07) is 3.72. The van der Waals surface area contributed by atoms with E-state index in [9.17, 15) is 13.6 Å². The van der Waals surface area contributed by atoms with E-state index >= 15 is 0 Å². The molecule has 0 atom stereocenters. The maximum Gasteiger partial charge on any atom is 0.226 e. The number of carbonyl (C=O) groups is 1. The molecule has 1 aliphatic rings. The van der Waals surface area contributed by atoms with Crippen LogP contribution < -0.4 is 5.73 Å². The molecule has 1 fully saturated rings. The summed E-state index contributed by atoms with van der Waals surface area (Å²) in [4.78, 5) is 13.7. The van der Waals surface area contributed by atoms with E-state index in [-0.39, 0.29) is 18.4 Å². The highest BCUT2D eigenvalue weighted by atomic mass is 19.2. The Balaban J connectivity index is 1.96. The van der Waals surface area contributed by atoms with Gasteiger partial charge in [-0.25, -0.2) is 8.78 Å². The number of rotatable bonds is 2. The fourth-order valence-electron chi connectivity index (χ4n) is 2.08. The van der Waals surface area contributed by atoms with Crippen LogP contribution in [0, 0.1) is 11.6 Å². The SMILES string of the molecule is NC1CCN(C(=O)Cc2ccc(F)c(F)c2)CC1. The Morgan fingerprint density at radius 2 is 1.94 bits per heavy atom. The van der Waals surface area contributed by atoms with Crippen molar-refractivity contribution in [2.24, 2.45) is 5.73 Å². The summed E-state index contributed by atoms with van der Waals surface area (Å²) >= 11 is 0. The van der Waals surface area contributed by atoms with E-state index in [1.165, 1.54) is 6.07 Å². The summed E-state index contributed by atoms with van der Waals surface area (Å²) in [6.45, 7) is 1.29. The summed E-state index contributed by atoms with van der Waals surface area (Å²) in [5.74, 6) is -1.87. The minimum Gasteiger partial charge on any atom is -0.342 e. The lowest BCUT2D eigenvalue weighted by molar-refractivity contribution is -0.131. The van der Waals surface area contributed by atoms with Crippen molar-refractivity contribution in [2.45, 2.75) is 25.3 Å². The number of piperidine rings is 1. The summed E-state index contributed by atoms with van der Waals surface area (Å²) < 4.78 is 25.8. The third kappa shape index (κ3) is 3.04. The number of benzene rings is 1. The Bertz CT molecular complexity index is 443. The van der Waals surface area contributed by atoms with E-state index in [0.717, 1.165) is 25.0 Å². The van der Waals surface area contributed by atoms with Crippen molar-refractivity contribution in [2.75, 3.05) is 13.1 Å². The Labute approximate surface area is 105 Å². The van der Waals surface area contributed by atoms with Crippen LogP contribution in [0.1, 0.15) is 18.4 Å². The average molecular weight is 254 g/mol. The predicted molar refractivity (Wildman–Crippen MR) is 63.9 cm³/mol. The summed E-state index contributed by atoms with van der Waals surface area (Å²) in [6.07, 6.45) is 1.69. The van der Waals surface area contributed by atoms with Crippen molar-refractivity contribution in [3.63, 3.8) is 0 Å². The fourth-order valence-corrected chi connectivity index (χ4v) is 2.08. The van der Waals surface area contributed by atoms with Crippen LogP contribution in [0.25, 0.3) is 0 Å². The molecule has 5 heteroatoms. The van der Waals surface area contributed by atoms with Crippen LogP contribution in [0.15, 0.2) is 18.2 Å². The van der Waals surface area contributed by atoms with Crippen LogP contribution in [0.2, 0.25) is 0 Å². The van der Waals surface area contributed by atoms with Crippen molar-refractivity contribution >= 4 is 5.91 Å². The molecule has 1 amide bonds. The van der Waals surface area contributed by atoms with Gasteiger partial charge in [0.25, 0.3) is 0 Å². The first kappa shape index (κ1) is 13.0. The molecule has 1 aromatic carbocycles. The molecular formula is C13H16F2N2O. The number of halogens is 2. The Kier molecular flexibility index (Phi) is 3.91. The van der Waals surface area contributed by atoms with E-state index in [0.29, 0.717) is 18.7 Å². The highest BCUT2D eigenvalue weighted by molar-refractivity contribution is 5.78. The van der Waals surface area contributed by atoms with Crippen LogP contribution in [-0.2, 0) is 11.2 Å². The zero-order valence-corrected chi connectivity index (χ0v) is 10.0. The third-order valence-corrected chi connectivity index (χ3v) is 3.23. The fraction of sp³-hybridized carbons (Fsp3) is 0.462. The van der Waals surface area contributed by atoms with Crippen molar-refractivity contribution in [1.82, 2.24) is 4.90 Å². The first-order valence-corrected chi connectivity index (χ1v) is 6.03. The van der Waals surface area contributed by atoms with Gasteiger partial charge in [-0.3, -0.25) is 4.79 Å². The lowest BCUT2D eigenvalue weighted by atomic mass is 10.0. The third-order valence-electron chi connectivity index (χ3n) is 3.23. The van der Waals surface area contributed by atoms with Gasteiger partial charge in [-0.05, 0) is 30.5 Å². The van der Waals surface area contributed by atoms with Gasteiger partial charge in [0.15, 0.2) is 11.6 Å². The van der Waals surface area contributed by atoms with Crippen LogP contribution >= 0.6 is 0 Å². The Morgan fingerprint density at radius 1 is 1.28 bits per heavy atom. The van der Waals surface area contributed by atoms with Gasteiger partial charge in [0.2, 0.25) is 5.91 Å². The lowest BCUT2D eigenvalue weighted by Gasteiger charge is -2.30. The molecule has 1 aliphatic heterocycles. The van der Waals surface area contributed by atoms with Gasteiger partial charge in [0.1, 0.15) is 0 Å². The minimum absolute atomic E-state index is 0.0621. The molecule has 3 nitrogen and oxygen atoms in total. The van der Waals surface area contributed by atoms with Gasteiger partial charge in [0, 0.05) is 19.1 Å².